The largest absolute Gasteiger partial charge is 0.495 e. The lowest BCUT2D eigenvalue weighted by molar-refractivity contribution is 0.416. The Hall–Kier alpha value is -1.62. The van der Waals surface area contributed by atoms with Gasteiger partial charge in [-0.3, -0.25) is 0 Å². The number of hydrogen-bond acceptors (Lipinski definition) is 5. The SMILES string of the molecule is COc1ccccc1NCc1csnn1. The third-order valence-electron chi connectivity index (χ3n) is 1.97. The molecule has 1 heterocycles. The Morgan fingerprint density at radius 2 is 2.27 bits per heavy atom. The van der Waals surface area contributed by atoms with Crippen molar-refractivity contribution in [3.05, 3.63) is 35.3 Å². The van der Waals surface area contributed by atoms with Crippen LogP contribution in [-0.4, -0.2) is 16.7 Å². The zero-order chi connectivity index (χ0) is 10.5. The maximum absolute atomic E-state index is 5.22. The van der Waals surface area contributed by atoms with Crippen LogP contribution in [0.3, 0.4) is 0 Å². The van der Waals surface area contributed by atoms with E-state index in [-0.39, 0.29) is 0 Å². The highest BCUT2D eigenvalue weighted by atomic mass is 32.1. The summed E-state index contributed by atoms with van der Waals surface area (Å²) in [6.45, 7) is 0.664. The summed E-state index contributed by atoms with van der Waals surface area (Å²) in [5.74, 6) is 0.834. The molecule has 0 atom stereocenters. The molecule has 0 aliphatic rings. The summed E-state index contributed by atoms with van der Waals surface area (Å²) in [6.07, 6.45) is 0. The van der Waals surface area contributed by atoms with E-state index in [1.807, 2.05) is 29.6 Å². The molecule has 0 spiro atoms. The Labute approximate surface area is 92.1 Å². The van der Waals surface area contributed by atoms with Gasteiger partial charge in [0.15, 0.2) is 0 Å². The fourth-order valence-corrected chi connectivity index (χ4v) is 1.69. The fourth-order valence-electron chi connectivity index (χ4n) is 1.24. The van der Waals surface area contributed by atoms with Crippen LogP contribution in [0, 0.1) is 0 Å². The average Bonchev–Trinajstić information content (AvgIpc) is 2.79. The predicted molar refractivity (Wildman–Crippen MR) is 60.2 cm³/mol. The first-order valence-electron chi connectivity index (χ1n) is 4.53. The van der Waals surface area contributed by atoms with Crippen LogP contribution >= 0.6 is 11.5 Å². The molecule has 1 N–H and O–H groups in total. The number of anilines is 1. The third-order valence-corrected chi connectivity index (χ3v) is 2.53. The first-order valence-corrected chi connectivity index (χ1v) is 5.36. The van der Waals surface area contributed by atoms with Gasteiger partial charge in [-0.05, 0) is 23.7 Å². The van der Waals surface area contributed by atoms with Crippen LogP contribution in [0.2, 0.25) is 0 Å². The standard InChI is InChI=1S/C10H11N3OS/c1-14-10-5-3-2-4-9(10)11-6-8-7-15-13-12-8/h2-5,7,11H,6H2,1H3. The van der Waals surface area contributed by atoms with Crippen molar-refractivity contribution in [2.75, 3.05) is 12.4 Å². The minimum atomic E-state index is 0.664. The number of aromatic nitrogens is 2. The summed E-state index contributed by atoms with van der Waals surface area (Å²) in [6, 6.07) is 7.79. The van der Waals surface area contributed by atoms with Crippen LogP contribution in [0.1, 0.15) is 5.69 Å². The van der Waals surface area contributed by atoms with E-state index in [1.54, 1.807) is 7.11 Å². The topological polar surface area (TPSA) is 47.0 Å². The fraction of sp³-hybridized carbons (Fsp3) is 0.200. The first kappa shape index (κ1) is 9.92. The van der Waals surface area contributed by atoms with Gasteiger partial charge in [-0.2, -0.15) is 0 Å². The highest BCUT2D eigenvalue weighted by Gasteiger charge is 2.01. The predicted octanol–water partition coefficient (Wildman–Crippen LogP) is 2.16. The van der Waals surface area contributed by atoms with Gasteiger partial charge >= 0.3 is 0 Å². The Morgan fingerprint density at radius 3 is 3.00 bits per heavy atom. The van der Waals surface area contributed by atoms with Crippen molar-refractivity contribution in [2.24, 2.45) is 0 Å². The second kappa shape index (κ2) is 4.75. The molecule has 0 fully saturated rings. The van der Waals surface area contributed by atoms with Gasteiger partial charge in [-0.15, -0.1) is 5.10 Å². The van der Waals surface area contributed by atoms with Gasteiger partial charge in [0.25, 0.3) is 0 Å². The van der Waals surface area contributed by atoms with Crippen LogP contribution < -0.4 is 10.1 Å². The molecule has 1 aromatic heterocycles. The van der Waals surface area contributed by atoms with Gasteiger partial charge in [0, 0.05) is 5.38 Å². The van der Waals surface area contributed by atoms with E-state index < -0.39 is 0 Å². The van der Waals surface area contributed by atoms with Gasteiger partial charge in [0.1, 0.15) is 5.75 Å². The molecule has 1 aromatic carbocycles. The van der Waals surface area contributed by atoms with Crippen LogP contribution in [0.4, 0.5) is 5.69 Å². The number of ether oxygens (including phenoxy) is 1. The molecule has 0 saturated carbocycles. The molecule has 5 heteroatoms. The van der Waals surface area contributed by atoms with Gasteiger partial charge < -0.3 is 10.1 Å². The molecule has 0 unspecified atom stereocenters. The monoisotopic (exact) mass is 221 g/mol. The van der Waals surface area contributed by atoms with Crippen molar-refractivity contribution in [3.63, 3.8) is 0 Å². The molecule has 0 aliphatic heterocycles. The second-order valence-electron chi connectivity index (χ2n) is 2.95. The normalized spacial score (nSPS) is 9.93. The van der Waals surface area contributed by atoms with Crippen LogP contribution in [0.25, 0.3) is 0 Å². The molecule has 0 bridgehead atoms. The van der Waals surface area contributed by atoms with Crippen molar-refractivity contribution in [1.82, 2.24) is 9.59 Å². The summed E-state index contributed by atoms with van der Waals surface area (Å²) in [5, 5.41) is 9.12. The molecule has 0 radical (unpaired) electrons. The lowest BCUT2D eigenvalue weighted by Gasteiger charge is -2.08. The van der Waals surface area contributed by atoms with Gasteiger partial charge in [-0.25, -0.2) is 0 Å². The number of nitrogens with one attached hydrogen (secondary N) is 1. The highest BCUT2D eigenvalue weighted by molar-refractivity contribution is 7.03. The van der Waals surface area contributed by atoms with Crippen LogP contribution in [0.5, 0.6) is 5.75 Å². The third kappa shape index (κ3) is 2.44. The molecule has 15 heavy (non-hydrogen) atoms. The summed E-state index contributed by atoms with van der Waals surface area (Å²) < 4.78 is 9.02. The molecule has 0 saturated heterocycles. The zero-order valence-electron chi connectivity index (χ0n) is 8.30. The van der Waals surface area contributed by atoms with Crippen molar-refractivity contribution in [3.8, 4) is 5.75 Å². The van der Waals surface area contributed by atoms with Crippen molar-refractivity contribution in [1.29, 1.82) is 0 Å². The quantitative estimate of drug-likeness (QED) is 0.859. The Kier molecular flexibility index (Phi) is 3.14. The Bertz CT molecular complexity index is 416. The minimum absolute atomic E-state index is 0.664. The van der Waals surface area contributed by atoms with Crippen molar-refractivity contribution in [2.45, 2.75) is 6.54 Å². The second-order valence-corrected chi connectivity index (χ2v) is 3.56. The maximum Gasteiger partial charge on any atom is 0.141 e. The van der Waals surface area contributed by atoms with E-state index in [9.17, 15) is 0 Å². The highest BCUT2D eigenvalue weighted by Crippen LogP contribution is 2.23. The molecule has 0 aliphatic carbocycles. The number of hydrogen-bond donors (Lipinski definition) is 1. The zero-order valence-corrected chi connectivity index (χ0v) is 9.12. The van der Waals surface area contributed by atoms with Gasteiger partial charge in [0.2, 0.25) is 0 Å². The summed E-state index contributed by atoms with van der Waals surface area (Å²) in [7, 11) is 1.66. The minimum Gasteiger partial charge on any atom is -0.495 e. The molecule has 0 amide bonds. The number of methoxy groups -OCH3 is 1. The Balaban J connectivity index is 2.04. The van der Waals surface area contributed by atoms with E-state index >= 15 is 0 Å². The summed E-state index contributed by atoms with van der Waals surface area (Å²) >= 11 is 1.35. The van der Waals surface area contributed by atoms with Crippen molar-refractivity contribution < 1.29 is 4.74 Å². The van der Waals surface area contributed by atoms with Gasteiger partial charge in [0.05, 0.1) is 25.0 Å². The molecular weight excluding hydrogens is 210 g/mol. The molecule has 2 aromatic rings. The van der Waals surface area contributed by atoms with Crippen molar-refractivity contribution >= 4 is 17.2 Å². The lowest BCUT2D eigenvalue weighted by Crippen LogP contribution is -2.01. The maximum atomic E-state index is 5.22. The van der Waals surface area contributed by atoms with E-state index in [1.165, 1.54) is 11.5 Å². The molecular formula is C10H11N3OS. The molecule has 4 nitrogen and oxygen atoms in total. The number of benzene rings is 1. The molecule has 2 rings (SSSR count). The van der Waals surface area contributed by atoms with E-state index in [0.29, 0.717) is 6.54 Å². The number of rotatable bonds is 4. The number of nitrogens with zero attached hydrogens (tertiary/aromatic N) is 2. The van der Waals surface area contributed by atoms with E-state index in [0.717, 1.165) is 17.1 Å². The first-order chi connectivity index (χ1) is 7.40. The summed E-state index contributed by atoms with van der Waals surface area (Å²) in [5.41, 5.74) is 1.90. The van der Waals surface area contributed by atoms with Crippen LogP contribution in [-0.2, 0) is 6.54 Å². The van der Waals surface area contributed by atoms with Gasteiger partial charge in [-0.1, -0.05) is 16.6 Å². The lowest BCUT2D eigenvalue weighted by atomic mass is 10.3. The Morgan fingerprint density at radius 1 is 1.40 bits per heavy atom. The van der Waals surface area contributed by atoms with E-state index in [2.05, 4.69) is 14.9 Å². The van der Waals surface area contributed by atoms with E-state index in [4.69, 9.17) is 4.74 Å². The smallest absolute Gasteiger partial charge is 0.141 e. The molecule has 78 valence electrons. The number of para-hydroxylation sites is 2. The van der Waals surface area contributed by atoms with Crippen LogP contribution in [0.15, 0.2) is 29.6 Å². The average molecular weight is 221 g/mol. The summed E-state index contributed by atoms with van der Waals surface area (Å²) in [4.78, 5) is 0.